The van der Waals surface area contributed by atoms with Crippen molar-refractivity contribution in [1.82, 2.24) is 4.98 Å². The second kappa shape index (κ2) is 5.70. The number of halogens is 2. The first-order valence-electron chi connectivity index (χ1n) is 5.62. The first kappa shape index (κ1) is 13.3. The fraction of sp³-hybridized carbons (Fsp3) is 0.214. The van der Waals surface area contributed by atoms with Crippen molar-refractivity contribution in [2.45, 2.75) is 19.4 Å². The van der Waals surface area contributed by atoms with E-state index in [1.165, 1.54) is 0 Å². The Morgan fingerprint density at radius 2 is 1.83 bits per heavy atom. The third-order valence-electron chi connectivity index (χ3n) is 2.84. The van der Waals surface area contributed by atoms with E-state index >= 15 is 0 Å². The molecule has 0 bridgehead atoms. The SMILES string of the molecule is Cc1cccnc1CC(O)c1c(Cl)cccc1Cl. The lowest BCUT2D eigenvalue weighted by Gasteiger charge is -2.15. The molecular formula is C14H13Cl2NO. The van der Waals surface area contributed by atoms with Gasteiger partial charge in [-0.1, -0.05) is 35.3 Å². The van der Waals surface area contributed by atoms with Gasteiger partial charge in [-0.3, -0.25) is 4.98 Å². The molecule has 0 aliphatic heterocycles. The summed E-state index contributed by atoms with van der Waals surface area (Å²) in [6.07, 6.45) is 1.36. The predicted octanol–water partition coefficient (Wildman–Crippen LogP) is 3.97. The quantitative estimate of drug-likeness (QED) is 0.923. The standard InChI is InChI=1S/C14H13Cl2NO/c1-9-4-3-7-17-12(9)8-13(18)14-10(15)5-2-6-11(14)16/h2-7,13,18H,8H2,1H3. The van der Waals surface area contributed by atoms with Gasteiger partial charge in [-0.15, -0.1) is 0 Å². The Morgan fingerprint density at radius 1 is 1.17 bits per heavy atom. The van der Waals surface area contributed by atoms with E-state index in [9.17, 15) is 5.11 Å². The van der Waals surface area contributed by atoms with Crippen molar-refractivity contribution in [3.05, 3.63) is 63.4 Å². The highest BCUT2D eigenvalue weighted by Gasteiger charge is 2.17. The summed E-state index contributed by atoms with van der Waals surface area (Å²) < 4.78 is 0. The molecule has 1 heterocycles. The Hall–Kier alpha value is -1.09. The normalized spacial score (nSPS) is 12.4. The predicted molar refractivity (Wildman–Crippen MR) is 74.1 cm³/mol. The molecular weight excluding hydrogens is 269 g/mol. The van der Waals surface area contributed by atoms with Gasteiger partial charge in [0, 0.05) is 33.9 Å². The van der Waals surface area contributed by atoms with Crippen LogP contribution >= 0.6 is 23.2 Å². The number of aromatic nitrogens is 1. The lowest BCUT2D eigenvalue weighted by atomic mass is 10.0. The molecule has 1 aromatic heterocycles. The Kier molecular flexibility index (Phi) is 4.23. The number of hydrogen-bond acceptors (Lipinski definition) is 2. The summed E-state index contributed by atoms with van der Waals surface area (Å²) in [6.45, 7) is 1.96. The smallest absolute Gasteiger partial charge is 0.0874 e. The van der Waals surface area contributed by atoms with Gasteiger partial charge in [-0.05, 0) is 30.7 Å². The summed E-state index contributed by atoms with van der Waals surface area (Å²) in [5.74, 6) is 0. The van der Waals surface area contributed by atoms with Crippen LogP contribution in [-0.2, 0) is 6.42 Å². The summed E-state index contributed by atoms with van der Waals surface area (Å²) in [7, 11) is 0. The number of aryl methyl sites for hydroxylation is 1. The zero-order valence-corrected chi connectivity index (χ0v) is 11.4. The van der Waals surface area contributed by atoms with Gasteiger partial charge in [0.1, 0.15) is 0 Å². The van der Waals surface area contributed by atoms with E-state index in [0.29, 0.717) is 22.0 Å². The summed E-state index contributed by atoms with van der Waals surface area (Å²) >= 11 is 12.1. The van der Waals surface area contributed by atoms with Crippen molar-refractivity contribution < 1.29 is 5.11 Å². The second-order valence-corrected chi connectivity index (χ2v) is 4.94. The first-order chi connectivity index (χ1) is 8.59. The largest absolute Gasteiger partial charge is 0.388 e. The van der Waals surface area contributed by atoms with Crippen LogP contribution < -0.4 is 0 Å². The van der Waals surface area contributed by atoms with Gasteiger partial charge in [-0.2, -0.15) is 0 Å². The minimum atomic E-state index is -0.750. The molecule has 0 aliphatic rings. The van der Waals surface area contributed by atoms with Crippen molar-refractivity contribution in [2.75, 3.05) is 0 Å². The number of nitrogens with zero attached hydrogens (tertiary/aromatic N) is 1. The molecule has 0 radical (unpaired) electrons. The minimum absolute atomic E-state index is 0.399. The summed E-state index contributed by atoms with van der Waals surface area (Å²) in [4.78, 5) is 4.26. The maximum absolute atomic E-state index is 10.3. The first-order valence-corrected chi connectivity index (χ1v) is 6.37. The number of pyridine rings is 1. The van der Waals surface area contributed by atoms with Crippen LogP contribution in [0.3, 0.4) is 0 Å². The van der Waals surface area contributed by atoms with Crippen molar-refractivity contribution >= 4 is 23.2 Å². The molecule has 1 N–H and O–H groups in total. The fourth-order valence-electron chi connectivity index (χ4n) is 1.85. The molecule has 1 unspecified atom stereocenters. The van der Waals surface area contributed by atoms with Crippen LogP contribution in [-0.4, -0.2) is 10.1 Å². The van der Waals surface area contributed by atoms with E-state index in [0.717, 1.165) is 11.3 Å². The highest BCUT2D eigenvalue weighted by molar-refractivity contribution is 6.36. The summed E-state index contributed by atoms with van der Waals surface area (Å²) in [5.41, 5.74) is 2.45. The van der Waals surface area contributed by atoms with Crippen LogP contribution in [0.5, 0.6) is 0 Å². The van der Waals surface area contributed by atoms with Crippen molar-refractivity contribution in [1.29, 1.82) is 0 Å². The molecule has 4 heteroatoms. The van der Waals surface area contributed by atoms with Crippen LogP contribution in [0, 0.1) is 6.92 Å². The summed E-state index contributed by atoms with van der Waals surface area (Å²) in [6, 6.07) is 9.03. The molecule has 0 aliphatic carbocycles. The van der Waals surface area contributed by atoms with E-state index in [2.05, 4.69) is 4.98 Å². The van der Waals surface area contributed by atoms with Crippen molar-refractivity contribution in [3.63, 3.8) is 0 Å². The van der Waals surface area contributed by atoms with Crippen LogP contribution in [0.4, 0.5) is 0 Å². The lowest BCUT2D eigenvalue weighted by molar-refractivity contribution is 0.177. The van der Waals surface area contributed by atoms with Gasteiger partial charge in [0.25, 0.3) is 0 Å². The van der Waals surface area contributed by atoms with Gasteiger partial charge in [0.15, 0.2) is 0 Å². The number of hydrogen-bond donors (Lipinski definition) is 1. The molecule has 1 aromatic carbocycles. The molecule has 0 spiro atoms. The lowest BCUT2D eigenvalue weighted by Crippen LogP contribution is -2.06. The molecule has 2 nitrogen and oxygen atoms in total. The molecule has 0 fully saturated rings. The van der Waals surface area contributed by atoms with E-state index in [1.807, 2.05) is 19.1 Å². The van der Waals surface area contributed by atoms with E-state index in [4.69, 9.17) is 23.2 Å². The van der Waals surface area contributed by atoms with Crippen LogP contribution in [0.1, 0.15) is 22.9 Å². The maximum atomic E-state index is 10.3. The highest BCUT2D eigenvalue weighted by Crippen LogP contribution is 2.32. The van der Waals surface area contributed by atoms with Gasteiger partial charge < -0.3 is 5.11 Å². The third-order valence-corrected chi connectivity index (χ3v) is 3.50. The average Bonchev–Trinajstić information content (AvgIpc) is 2.32. The third kappa shape index (κ3) is 2.83. The highest BCUT2D eigenvalue weighted by atomic mass is 35.5. The monoisotopic (exact) mass is 281 g/mol. The Labute approximate surface area is 116 Å². The number of rotatable bonds is 3. The molecule has 2 rings (SSSR count). The van der Waals surface area contributed by atoms with Gasteiger partial charge in [0.05, 0.1) is 6.10 Å². The number of aliphatic hydroxyl groups excluding tert-OH is 1. The van der Waals surface area contributed by atoms with Gasteiger partial charge in [-0.25, -0.2) is 0 Å². The Morgan fingerprint density at radius 3 is 2.44 bits per heavy atom. The maximum Gasteiger partial charge on any atom is 0.0874 e. The van der Waals surface area contributed by atoms with E-state index in [1.54, 1.807) is 24.4 Å². The van der Waals surface area contributed by atoms with Crippen LogP contribution in [0.15, 0.2) is 36.5 Å². The minimum Gasteiger partial charge on any atom is -0.388 e. The van der Waals surface area contributed by atoms with Gasteiger partial charge in [0.2, 0.25) is 0 Å². The van der Waals surface area contributed by atoms with Gasteiger partial charge >= 0.3 is 0 Å². The molecule has 0 saturated carbocycles. The van der Waals surface area contributed by atoms with Crippen LogP contribution in [0.25, 0.3) is 0 Å². The van der Waals surface area contributed by atoms with Crippen molar-refractivity contribution in [2.24, 2.45) is 0 Å². The summed E-state index contributed by atoms with van der Waals surface area (Å²) in [5, 5.41) is 11.2. The molecule has 94 valence electrons. The molecule has 18 heavy (non-hydrogen) atoms. The van der Waals surface area contributed by atoms with E-state index in [-0.39, 0.29) is 0 Å². The molecule has 0 saturated heterocycles. The topological polar surface area (TPSA) is 33.1 Å². The Balaban J connectivity index is 2.28. The molecule has 1 atom stereocenters. The molecule has 2 aromatic rings. The zero-order valence-electron chi connectivity index (χ0n) is 9.90. The molecule has 0 amide bonds. The van der Waals surface area contributed by atoms with E-state index < -0.39 is 6.10 Å². The number of benzene rings is 1. The fourth-order valence-corrected chi connectivity index (χ4v) is 2.50. The Bertz CT molecular complexity index is 537. The number of aliphatic hydroxyl groups is 1. The second-order valence-electron chi connectivity index (χ2n) is 4.12. The zero-order chi connectivity index (χ0) is 13.1. The average molecular weight is 282 g/mol. The van der Waals surface area contributed by atoms with Crippen molar-refractivity contribution in [3.8, 4) is 0 Å². The van der Waals surface area contributed by atoms with Crippen LogP contribution in [0.2, 0.25) is 10.0 Å².